The van der Waals surface area contributed by atoms with Crippen molar-refractivity contribution < 1.29 is 8.42 Å². The minimum atomic E-state index is -2.98. The molecule has 0 radical (unpaired) electrons. The summed E-state index contributed by atoms with van der Waals surface area (Å²) in [6.07, 6.45) is 4.77. The van der Waals surface area contributed by atoms with E-state index >= 15 is 0 Å². The SMILES string of the molecule is CCCCC(C)NCC(C)(C)S(C)(=O)=O. The van der Waals surface area contributed by atoms with Gasteiger partial charge in [0.2, 0.25) is 0 Å². The fourth-order valence-corrected chi connectivity index (χ4v) is 1.51. The second-order valence-corrected chi connectivity index (χ2v) is 7.61. The third-order valence-electron chi connectivity index (χ3n) is 2.87. The van der Waals surface area contributed by atoms with Crippen molar-refractivity contribution in [3.8, 4) is 0 Å². The van der Waals surface area contributed by atoms with Crippen molar-refractivity contribution >= 4 is 9.84 Å². The number of unbranched alkanes of at least 4 members (excludes halogenated alkanes) is 1. The Morgan fingerprint density at radius 3 is 2.27 bits per heavy atom. The summed E-state index contributed by atoms with van der Waals surface area (Å²) in [5, 5.41) is 3.29. The van der Waals surface area contributed by atoms with Gasteiger partial charge in [0.1, 0.15) is 0 Å². The molecule has 4 heteroatoms. The maximum absolute atomic E-state index is 11.4. The maximum Gasteiger partial charge on any atom is 0.153 e. The third-order valence-corrected chi connectivity index (χ3v) is 5.02. The number of hydrogen-bond donors (Lipinski definition) is 1. The van der Waals surface area contributed by atoms with Gasteiger partial charge in [-0.05, 0) is 27.2 Å². The van der Waals surface area contributed by atoms with Gasteiger partial charge >= 0.3 is 0 Å². The molecule has 0 fully saturated rings. The molecule has 0 rings (SSSR count). The van der Waals surface area contributed by atoms with E-state index in [-0.39, 0.29) is 0 Å². The highest BCUT2D eigenvalue weighted by molar-refractivity contribution is 7.92. The first-order valence-corrected chi connectivity index (χ1v) is 7.53. The fourth-order valence-electron chi connectivity index (χ4n) is 1.16. The van der Waals surface area contributed by atoms with Gasteiger partial charge in [-0.2, -0.15) is 0 Å². The Morgan fingerprint density at radius 1 is 1.33 bits per heavy atom. The zero-order valence-electron chi connectivity index (χ0n) is 10.6. The quantitative estimate of drug-likeness (QED) is 0.734. The molecule has 15 heavy (non-hydrogen) atoms. The van der Waals surface area contributed by atoms with E-state index in [2.05, 4.69) is 19.2 Å². The Balaban J connectivity index is 4.05. The van der Waals surface area contributed by atoms with Crippen molar-refractivity contribution in [1.82, 2.24) is 5.32 Å². The lowest BCUT2D eigenvalue weighted by molar-refractivity contribution is 0.454. The van der Waals surface area contributed by atoms with Crippen LogP contribution in [0.15, 0.2) is 0 Å². The summed E-state index contributed by atoms with van der Waals surface area (Å²) in [6.45, 7) is 8.32. The van der Waals surface area contributed by atoms with Gasteiger partial charge in [-0.25, -0.2) is 8.42 Å². The highest BCUT2D eigenvalue weighted by Crippen LogP contribution is 2.14. The van der Waals surface area contributed by atoms with E-state index in [1.165, 1.54) is 19.1 Å². The summed E-state index contributed by atoms with van der Waals surface area (Å²) in [5.74, 6) is 0. The second kappa shape index (κ2) is 5.85. The molecule has 0 aromatic heterocycles. The van der Waals surface area contributed by atoms with E-state index < -0.39 is 14.6 Å². The molecule has 0 amide bonds. The van der Waals surface area contributed by atoms with Crippen LogP contribution in [0, 0.1) is 0 Å². The van der Waals surface area contributed by atoms with Gasteiger partial charge < -0.3 is 5.32 Å². The van der Waals surface area contributed by atoms with Crippen molar-refractivity contribution in [3.05, 3.63) is 0 Å². The standard InChI is InChI=1S/C11H25NO2S/c1-6-7-8-10(2)12-9-11(3,4)15(5,13)14/h10,12H,6-9H2,1-5H3. The molecule has 0 saturated carbocycles. The second-order valence-electron chi connectivity index (χ2n) is 4.96. The number of rotatable bonds is 7. The topological polar surface area (TPSA) is 46.2 Å². The van der Waals surface area contributed by atoms with E-state index in [1.54, 1.807) is 13.8 Å². The molecule has 0 aliphatic carbocycles. The van der Waals surface area contributed by atoms with Crippen molar-refractivity contribution in [2.45, 2.75) is 57.7 Å². The minimum absolute atomic E-state index is 0.394. The summed E-state index contributed by atoms with van der Waals surface area (Å²) in [4.78, 5) is 0. The van der Waals surface area contributed by atoms with Crippen LogP contribution in [-0.4, -0.2) is 32.0 Å². The molecule has 1 atom stereocenters. The normalized spacial score (nSPS) is 15.3. The van der Waals surface area contributed by atoms with Crippen LogP contribution in [0.3, 0.4) is 0 Å². The highest BCUT2D eigenvalue weighted by atomic mass is 32.2. The smallest absolute Gasteiger partial charge is 0.153 e. The minimum Gasteiger partial charge on any atom is -0.313 e. The molecule has 0 aromatic rings. The first kappa shape index (κ1) is 14.9. The molecule has 1 N–H and O–H groups in total. The lowest BCUT2D eigenvalue weighted by Crippen LogP contribution is -2.44. The Bertz CT molecular complexity index is 270. The number of hydrogen-bond acceptors (Lipinski definition) is 3. The van der Waals surface area contributed by atoms with Crippen LogP contribution in [0.4, 0.5) is 0 Å². The van der Waals surface area contributed by atoms with Crippen LogP contribution in [0.25, 0.3) is 0 Å². The largest absolute Gasteiger partial charge is 0.313 e. The Kier molecular flexibility index (Phi) is 5.81. The molecule has 0 bridgehead atoms. The molecule has 92 valence electrons. The zero-order valence-corrected chi connectivity index (χ0v) is 11.4. The van der Waals surface area contributed by atoms with Crippen LogP contribution in [-0.2, 0) is 9.84 Å². The lowest BCUT2D eigenvalue weighted by Gasteiger charge is -2.25. The monoisotopic (exact) mass is 235 g/mol. The van der Waals surface area contributed by atoms with E-state index in [1.807, 2.05) is 0 Å². The van der Waals surface area contributed by atoms with Gasteiger partial charge in [0, 0.05) is 18.8 Å². The van der Waals surface area contributed by atoms with Crippen LogP contribution < -0.4 is 5.32 Å². The summed E-state index contributed by atoms with van der Waals surface area (Å²) in [7, 11) is -2.98. The van der Waals surface area contributed by atoms with Gasteiger partial charge in [-0.3, -0.25) is 0 Å². The van der Waals surface area contributed by atoms with Crippen LogP contribution in [0.2, 0.25) is 0 Å². The Labute approximate surface area is 94.6 Å². The number of nitrogens with one attached hydrogen (secondary N) is 1. The predicted octanol–water partition coefficient (Wildman–Crippen LogP) is 1.98. The van der Waals surface area contributed by atoms with Crippen molar-refractivity contribution in [2.24, 2.45) is 0 Å². The number of sulfone groups is 1. The molecule has 3 nitrogen and oxygen atoms in total. The predicted molar refractivity (Wildman–Crippen MR) is 65.9 cm³/mol. The summed E-state index contributed by atoms with van der Waals surface area (Å²) in [6, 6.07) is 0.394. The van der Waals surface area contributed by atoms with Gasteiger partial charge in [-0.15, -0.1) is 0 Å². The summed E-state index contributed by atoms with van der Waals surface area (Å²) >= 11 is 0. The fraction of sp³-hybridized carbons (Fsp3) is 1.00. The molecular weight excluding hydrogens is 210 g/mol. The molecule has 0 saturated heterocycles. The molecule has 0 heterocycles. The Hall–Kier alpha value is -0.0900. The van der Waals surface area contributed by atoms with Crippen molar-refractivity contribution in [1.29, 1.82) is 0 Å². The van der Waals surface area contributed by atoms with E-state index in [0.717, 1.165) is 6.42 Å². The van der Waals surface area contributed by atoms with Crippen molar-refractivity contribution in [2.75, 3.05) is 12.8 Å². The summed E-state index contributed by atoms with van der Waals surface area (Å²) < 4.78 is 22.2. The van der Waals surface area contributed by atoms with Crippen LogP contribution >= 0.6 is 0 Å². The van der Waals surface area contributed by atoms with E-state index in [4.69, 9.17) is 0 Å². The molecule has 0 aliphatic rings. The summed E-state index contributed by atoms with van der Waals surface area (Å²) in [5.41, 5.74) is 0. The molecule has 0 spiro atoms. The first-order chi connectivity index (χ1) is 6.70. The molecular formula is C11H25NO2S. The lowest BCUT2D eigenvalue weighted by atomic mass is 10.1. The third kappa shape index (κ3) is 5.52. The van der Waals surface area contributed by atoms with Gasteiger partial charge in [-0.1, -0.05) is 19.8 Å². The maximum atomic E-state index is 11.4. The first-order valence-electron chi connectivity index (χ1n) is 5.63. The molecule has 0 aromatic carbocycles. The van der Waals surface area contributed by atoms with Crippen LogP contribution in [0.5, 0.6) is 0 Å². The average Bonchev–Trinajstić information content (AvgIpc) is 2.09. The van der Waals surface area contributed by atoms with Crippen molar-refractivity contribution in [3.63, 3.8) is 0 Å². The van der Waals surface area contributed by atoms with E-state index in [0.29, 0.717) is 12.6 Å². The van der Waals surface area contributed by atoms with Gasteiger partial charge in [0.15, 0.2) is 9.84 Å². The van der Waals surface area contributed by atoms with Gasteiger partial charge in [0.25, 0.3) is 0 Å². The highest BCUT2D eigenvalue weighted by Gasteiger charge is 2.29. The van der Waals surface area contributed by atoms with Crippen LogP contribution in [0.1, 0.15) is 47.0 Å². The van der Waals surface area contributed by atoms with E-state index in [9.17, 15) is 8.42 Å². The Morgan fingerprint density at radius 2 is 1.87 bits per heavy atom. The molecule has 1 unspecified atom stereocenters. The average molecular weight is 235 g/mol. The van der Waals surface area contributed by atoms with Gasteiger partial charge in [0.05, 0.1) is 4.75 Å². The molecule has 0 aliphatic heterocycles. The zero-order chi connectivity index (χ0) is 12.1.